The lowest BCUT2D eigenvalue weighted by molar-refractivity contribution is 1.72. The van der Waals surface area contributed by atoms with E-state index in [9.17, 15) is 0 Å². The van der Waals surface area contributed by atoms with Crippen LogP contribution in [0.4, 0.5) is 0 Å². The second kappa shape index (κ2) is 9.11. The molecule has 0 aliphatic heterocycles. The van der Waals surface area contributed by atoms with Gasteiger partial charge in [-0.2, -0.15) is 0 Å². The van der Waals surface area contributed by atoms with Crippen molar-refractivity contribution >= 4 is 53.9 Å². The molecule has 0 N–H and O–H groups in total. The van der Waals surface area contributed by atoms with Crippen LogP contribution in [0, 0.1) is 23.7 Å². The summed E-state index contributed by atoms with van der Waals surface area (Å²) in [7, 11) is 0. The smallest absolute Gasteiger partial charge is 0.0329 e. The SMILES string of the molecule is CC#Cc1cc2ccccc2c2ccccc12.CC#Cc1ccc2ccc3cccc4ccc1c2c34. The molecule has 0 aromatic heterocycles. The van der Waals surface area contributed by atoms with Gasteiger partial charge in [-0.1, -0.05) is 109 Å². The molecule has 0 atom stereocenters. The van der Waals surface area contributed by atoms with E-state index in [-0.39, 0.29) is 0 Å². The Morgan fingerprint density at radius 1 is 0.389 bits per heavy atom. The second-order valence-corrected chi connectivity index (χ2v) is 8.91. The number of hydrogen-bond donors (Lipinski definition) is 0. The summed E-state index contributed by atoms with van der Waals surface area (Å²) in [5.41, 5.74) is 2.23. The summed E-state index contributed by atoms with van der Waals surface area (Å²) >= 11 is 0. The Balaban J connectivity index is 0.000000134. The first-order chi connectivity index (χ1) is 17.8. The van der Waals surface area contributed by atoms with E-state index in [1.807, 2.05) is 13.8 Å². The molecule has 0 bridgehead atoms. The predicted octanol–water partition coefficient (Wildman–Crippen LogP) is 9.32. The Labute approximate surface area is 211 Å². The highest BCUT2D eigenvalue weighted by Crippen LogP contribution is 2.35. The molecule has 7 aromatic carbocycles. The fraction of sp³-hybridized carbons (Fsp3) is 0.0556. The maximum atomic E-state index is 3.21. The quantitative estimate of drug-likeness (QED) is 0.157. The Bertz CT molecular complexity index is 2000. The molecule has 0 heteroatoms. The van der Waals surface area contributed by atoms with Gasteiger partial charge in [0.25, 0.3) is 0 Å². The van der Waals surface area contributed by atoms with Gasteiger partial charge in [-0.15, -0.1) is 11.8 Å². The molecule has 0 fully saturated rings. The zero-order chi connectivity index (χ0) is 24.5. The minimum Gasteiger partial charge on any atom is -0.101 e. The lowest BCUT2D eigenvalue weighted by Gasteiger charge is -2.11. The van der Waals surface area contributed by atoms with Crippen LogP contribution >= 0.6 is 0 Å². The first-order valence-corrected chi connectivity index (χ1v) is 12.2. The highest BCUT2D eigenvalue weighted by molar-refractivity contribution is 6.23. The summed E-state index contributed by atoms with van der Waals surface area (Å²) in [5, 5.41) is 12.9. The molecule has 7 rings (SSSR count). The highest BCUT2D eigenvalue weighted by Gasteiger charge is 2.09. The van der Waals surface area contributed by atoms with Crippen LogP contribution in [0.3, 0.4) is 0 Å². The first-order valence-electron chi connectivity index (χ1n) is 12.2. The van der Waals surface area contributed by atoms with Crippen molar-refractivity contribution in [2.75, 3.05) is 0 Å². The van der Waals surface area contributed by atoms with Crippen LogP contribution in [0.5, 0.6) is 0 Å². The van der Waals surface area contributed by atoms with Crippen LogP contribution in [-0.2, 0) is 0 Å². The van der Waals surface area contributed by atoms with E-state index in [1.165, 1.54) is 53.9 Å². The van der Waals surface area contributed by atoms with Crippen molar-refractivity contribution in [2.45, 2.75) is 13.8 Å². The maximum absolute atomic E-state index is 3.21. The zero-order valence-electron chi connectivity index (χ0n) is 20.4. The molecule has 0 unspecified atom stereocenters. The van der Waals surface area contributed by atoms with E-state index < -0.39 is 0 Å². The Hall–Kier alpha value is -4.78. The second-order valence-electron chi connectivity index (χ2n) is 8.91. The normalized spacial score (nSPS) is 10.6. The number of rotatable bonds is 0. The Kier molecular flexibility index (Phi) is 5.50. The summed E-state index contributed by atoms with van der Waals surface area (Å²) in [5.74, 6) is 12.4. The van der Waals surface area contributed by atoms with Gasteiger partial charge < -0.3 is 0 Å². The van der Waals surface area contributed by atoms with Crippen LogP contribution in [0.15, 0.2) is 109 Å². The summed E-state index contributed by atoms with van der Waals surface area (Å²) in [6, 6.07) is 38.7. The van der Waals surface area contributed by atoms with Crippen molar-refractivity contribution in [3.05, 3.63) is 120 Å². The number of benzene rings is 7. The van der Waals surface area contributed by atoms with Gasteiger partial charge in [0.2, 0.25) is 0 Å². The average Bonchev–Trinajstić information content (AvgIpc) is 2.93. The van der Waals surface area contributed by atoms with Crippen molar-refractivity contribution in [3.63, 3.8) is 0 Å². The zero-order valence-corrected chi connectivity index (χ0v) is 20.4. The molecule has 0 aliphatic carbocycles. The summed E-state index contributed by atoms with van der Waals surface area (Å²) in [4.78, 5) is 0. The molecule has 0 amide bonds. The minimum atomic E-state index is 1.11. The van der Waals surface area contributed by atoms with E-state index in [0.29, 0.717) is 0 Å². The molecule has 0 heterocycles. The van der Waals surface area contributed by atoms with Crippen LogP contribution in [0.25, 0.3) is 53.9 Å². The highest BCUT2D eigenvalue weighted by atomic mass is 14.1. The molecule has 0 saturated carbocycles. The number of fused-ring (bicyclic) bond motifs is 3. The predicted molar refractivity (Wildman–Crippen MR) is 157 cm³/mol. The van der Waals surface area contributed by atoms with Crippen molar-refractivity contribution in [3.8, 4) is 23.7 Å². The Morgan fingerprint density at radius 2 is 0.944 bits per heavy atom. The van der Waals surface area contributed by atoms with Crippen molar-refractivity contribution in [2.24, 2.45) is 0 Å². The van der Waals surface area contributed by atoms with Gasteiger partial charge in [-0.25, -0.2) is 0 Å². The van der Waals surface area contributed by atoms with E-state index in [0.717, 1.165) is 11.1 Å². The third-order valence-corrected chi connectivity index (χ3v) is 6.82. The standard InChI is InChI=1S/C19H12.C17H12/c1-2-4-13-7-8-16-10-9-14-5-3-6-15-11-12-17(13)19(16)18(14)15;1-2-7-13-12-14-8-3-4-9-16(14)17-11-6-5-10-15(13)17/h3,5-12H,1H3;3-6,8-12H,1H3. The molecule has 36 heavy (non-hydrogen) atoms. The van der Waals surface area contributed by atoms with E-state index in [4.69, 9.17) is 0 Å². The third-order valence-electron chi connectivity index (χ3n) is 6.82. The van der Waals surface area contributed by atoms with Gasteiger partial charge in [0, 0.05) is 11.1 Å². The fourth-order valence-electron chi connectivity index (χ4n) is 5.27. The molecule has 168 valence electrons. The maximum Gasteiger partial charge on any atom is 0.0329 e. The van der Waals surface area contributed by atoms with E-state index in [1.54, 1.807) is 0 Å². The van der Waals surface area contributed by atoms with E-state index >= 15 is 0 Å². The van der Waals surface area contributed by atoms with Gasteiger partial charge in [-0.3, -0.25) is 0 Å². The molecular weight excluding hydrogens is 432 g/mol. The molecule has 7 aromatic rings. The van der Waals surface area contributed by atoms with Crippen LogP contribution < -0.4 is 0 Å². The minimum absolute atomic E-state index is 1.11. The summed E-state index contributed by atoms with van der Waals surface area (Å²) < 4.78 is 0. The van der Waals surface area contributed by atoms with Crippen molar-refractivity contribution in [1.82, 2.24) is 0 Å². The monoisotopic (exact) mass is 456 g/mol. The molecule has 0 saturated heterocycles. The lowest BCUT2D eigenvalue weighted by Crippen LogP contribution is -1.86. The van der Waals surface area contributed by atoms with E-state index in [2.05, 4.69) is 133 Å². The van der Waals surface area contributed by atoms with Crippen LogP contribution in [0.2, 0.25) is 0 Å². The van der Waals surface area contributed by atoms with Gasteiger partial charge in [-0.05, 0) is 79.8 Å². The van der Waals surface area contributed by atoms with Gasteiger partial charge in [0.15, 0.2) is 0 Å². The molecule has 0 spiro atoms. The van der Waals surface area contributed by atoms with Crippen LogP contribution in [0.1, 0.15) is 25.0 Å². The molecule has 0 aliphatic rings. The van der Waals surface area contributed by atoms with Gasteiger partial charge >= 0.3 is 0 Å². The molecular formula is C36H24. The topological polar surface area (TPSA) is 0 Å². The fourth-order valence-corrected chi connectivity index (χ4v) is 5.27. The van der Waals surface area contributed by atoms with Gasteiger partial charge in [0.05, 0.1) is 0 Å². The van der Waals surface area contributed by atoms with Crippen LogP contribution in [-0.4, -0.2) is 0 Å². The van der Waals surface area contributed by atoms with Crippen molar-refractivity contribution in [1.29, 1.82) is 0 Å². The number of hydrogen-bond acceptors (Lipinski definition) is 0. The lowest BCUT2D eigenvalue weighted by atomic mass is 9.92. The summed E-state index contributed by atoms with van der Waals surface area (Å²) in [6.45, 7) is 3.77. The Morgan fingerprint density at radius 3 is 1.69 bits per heavy atom. The first kappa shape index (κ1) is 21.7. The third kappa shape index (κ3) is 3.62. The van der Waals surface area contributed by atoms with Gasteiger partial charge in [0.1, 0.15) is 0 Å². The molecule has 0 radical (unpaired) electrons. The average molecular weight is 457 g/mol. The molecule has 0 nitrogen and oxygen atoms in total. The summed E-state index contributed by atoms with van der Waals surface area (Å²) in [6.07, 6.45) is 0. The van der Waals surface area contributed by atoms with Crippen molar-refractivity contribution < 1.29 is 0 Å². The largest absolute Gasteiger partial charge is 0.101 e.